The number of benzene rings is 1. The fraction of sp³-hybridized carbons (Fsp3) is 0.455. The molecule has 0 fully saturated rings. The molecule has 0 aromatic heterocycles. The molecule has 14 heavy (non-hydrogen) atoms. The van der Waals surface area contributed by atoms with Gasteiger partial charge in [0.1, 0.15) is 5.82 Å². The van der Waals surface area contributed by atoms with Gasteiger partial charge >= 0.3 is 0 Å². The lowest BCUT2D eigenvalue weighted by Crippen LogP contribution is -2.23. The fourth-order valence-electron chi connectivity index (χ4n) is 1.44. The van der Waals surface area contributed by atoms with Gasteiger partial charge in [0, 0.05) is 0 Å². The second kappa shape index (κ2) is 4.28. The van der Waals surface area contributed by atoms with Gasteiger partial charge in [0.15, 0.2) is 0 Å². The third-order valence-corrected chi connectivity index (χ3v) is 2.92. The van der Waals surface area contributed by atoms with Crippen molar-refractivity contribution in [3.05, 3.63) is 34.6 Å². The summed E-state index contributed by atoms with van der Waals surface area (Å²) in [5.74, 6) is -0.454. The van der Waals surface area contributed by atoms with Gasteiger partial charge in [0.05, 0.1) is 10.6 Å². The highest BCUT2D eigenvalue weighted by Crippen LogP contribution is 2.30. The lowest BCUT2D eigenvalue weighted by molar-refractivity contribution is 0.0283. The normalized spacial score (nSPS) is 11.8. The quantitative estimate of drug-likeness (QED) is 0.820. The average Bonchev–Trinajstić information content (AvgIpc) is 2.21. The zero-order valence-corrected chi connectivity index (χ0v) is 9.11. The molecular weight excluding hydrogens is 203 g/mol. The minimum atomic E-state index is -0.892. The van der Waals surface area contributed by atoms with Crippen LogP contribution < -0.4 is 0 Å². The minimum absolute atomic E-state index is 0.0582. The monoisotopic (exact) mass is 216 g/mol. The maximum absolute atomic E-state index is 12.9. The van der Waals surface area contributed by atoms with Crippen LogP contribution in [0.4, 0.5) is 4.39 Å². The molecule has 0 aliphatic heterocycles. The highest BCUT2D eigenvalue weighted by Gasteiger charge is 2.25. The predicted molar refractivity (Wildman–Crippen MR) is 55.9 cm³/mol. The maximum atomic E-state index is 12.9. The van der Waals surface area contributed by atoms with Crippen LogP contribution in [0.2, 0.25) is 5.02 Å². The van der Waals surface area contributed by atoms with E-state index in [9.17, 15) is 9.50 Å². The molecule has 1 nitrogen and oxygen atoms in total. The van der Waals surface area contributed by atoms with E-state index < -0.39 is 11.4 Å². The van der Waals surface area contributed by atoms with E-state index in [-0.39, 0.29) is 5.02 Å². The zero-order valence-electron chi connectivity index (χ0n) is 8.35. The number of hydrogen-bond donors (Lipinski definition) is 1. The van der Waals surface area contributed by atoms with Gasteiger partial charge in [-0.1, -0.05) is 31.5 Å². The van der Waals surface area contributed by atoms with E-state index in [1.807, 2.05) is 13.8 Å². The molecule has 0 spiro atoms. The molecule has 3 heteroatoms. The molecule has 0 saturated heterocycles. The molecule has 0 saturated carbocycles. The second-order valence-electron chi connectivity index (χ2n) is 3.37. The van der Waals surface area contributed by atoms with Gasteiger partial charge in [-0.3, -0.25) is 0 Å². The number of halogens is 2. The van der Waals surface area contributed by atoms with Crippen LogP contribution in [0.3, 0.4) is 0 Å². The third kappa shape index (κ3) is 2.07. The molecule has 0 heterocycles. The van der Waals surface area contributed by atoms with Crippen molar-refractivity contribution in [2.24, 2.45) is 0 Å². The summed E-state index contributed by atoms with van der Waals surface area (Å²) in [7, 11) is 0. The van der Waals surface area contributed by atoms with Crippen LogP contribution in [0.25, 0.3) is 0 Å². The molecule has 0 unspecified atom stereocenters. The summed E-state index contributed by atoms with van der Waals surface area (Å²) in [6.07, 6.45) is 1.18. The summed E-state index contributed by atoms with van der Waals surface area (Å²) in [4.78, 5) is 0. The van der Waals surface area contributed by atoms with Crippen molar-refractivity contribution < 1.29 is 9.50 Å². The van der Waals surface area contributed by atoms with Crippen LogP contribution in [0.15, 0.2) is 18.2 Å². The first kappa shape index (κ1) is 11.5. The van der Waals surface area contributed by atoms with Crippen LogP contribution in [-0.4, -0.2) is 5.11 Å². The molecule has 1 aromatic carbocycles. The van der Waals surface area contributed by atoms with Crippen molar-refractivity contribution in [3.63, 3.8) is 0 Å². The Bertz CT molecular complexity index is 321. The standard InChI is InChI=1S/C11H14ClFO/c1-3-11(14,4-2)8-5-6-10(13)9(12)7-8/h5-7,14H,3-4H2,1-2H3. The van der Waals surface area contributed by atoms with Crippen molar-refractivity contribution in [2.45, 2.75) is 32.3 Å². The Morgan fingerprint density at radius 2 is 1.93 bits per heavy atom. The summed E-state index contributed by atoms with van der Waals surface area (Å²) in [5, 5.41) is 10.2. The molecule has 0 aliphatic carbocycles. The summed E-state index contributed by atoms with van der Waals surface area (Å²) in [5.41, 5.74) is -0.217. The summed E-state index contributed by atoms with van der Waals surface area (Å²) in [6, 6.07) is 4.35. The molecule has 0 bridgehead atoms. The second-order valence-corrected chi connectivity index (χ2v) is 3.77. The van der Waals surface area contributed by atoms with Gasteiger partial charge in [0.2, 0.25) is 0 Å². The highest BCUT2D eigenvalue weighted by molar-refractivity contribution is 6.30. The molecule has 1 aromatic rings. The third-order valence-electron chi connectivity index (χ3n) is 2.63. The topological polar surface area (TPSA) is 20.2 Å². The lowest BCUT2D eigenvalue weighted by atomic mass is 9.89. The van der Waals surface area contributed by atoms with Crippen LogP contribution in [0.1, 0.15) is 32.3 Å². The van der Waals surface area contributed by atoms with Crippen molar-refractivity contribution in [1.82, 2.24) is 0 Å². The molecule has 0 radical (unpaired) electrons. The Kier molecular flexibility index (Phi) is 3.51. The van der Waals surface area contributed by atoms with Crippen molar-refractivity contribution >= 4 is 11.6 Å². The smallest absolute Gasteiger partial charge is 0.141 e. The number of hydrogen-bond acceptors (Lipinski definition) is 1. The first-order chi connectivity index (χ1) is 6.53. The van der Waals surface area contributed by atoms with E-state index in [2.05, 4.69) is 0 Å². The molecular formula is C11H14ClFO. The average molecular weight is 217 g/mol. The van der Waals surface area contributed by atoms with E-state index in [1.54, 1.807) is 6.07 Å². The van der Waals surface area contributed by atoms with E-state index in [0.717, 1.165) is 0 Å². The Morgan fingerprint density at radius 3 is 2.36 bits per heavy atom. The number of rotatable bonds is 3. The SMILES string of the molecule is CCC(O)(CC)c1ccc(F)c(Cl)c1. The van der Waals surface area contributed by atoms with Gasteiger partial charge in [-0.25, -0.2) is 4.39 Å². The van der Waals surface area contributed by atoms with Crippen molar-refractivity contribution in [1.29, 1.82) is 0 Å². The summed E-state index contributed by atoms with van der Waals surface area (Å²) in [6.45, 7) is 3.78. The van der Waals surface area contributed by atoms with E-state index in [4.69, 9.17) is 11.6 Å². The van der Waals surface area contributed by atoms with Gasteiger partial charge < -0.3 is 5.11 Å². The van der Waals surface area contributed by atoms with E-state index in [1.165, 1.54) is 12.1 Å². The summed E-state index contributed by atoms with van der Waals surface area (Å²) < 4.78 is 12.9. The minimum Gasteiger partial charge on any atom is -0.385 e. The van der Waals surface area contributed by atoms with Gasteiger partial charge in [-0.2, -0.15) is 0 Å². The van der Waals surface area contributed by atoms with Crippen molar-refractivity contribution in [2.75, 3.05) is 0 Å². The van der Waals surface area contributed by atoms with Crippen LogP contribution >= 0.6 is 11.6 Å². The summed E-state index contributed by atoms with van der Waals surface area (Å²) >= 11 is 5.65. The van der Waals surface area contributed by atoms with Crippen LogP contribution in [0.5, 0.6) is 0 Å². The van der Waals surface area contributed by atoms with Crippen LogP contribution in [0, 0.1) is 5.82 Å². The molecule has 1 rings (SSSR count). The lowest BCUT2D eigenvalue weighted by Gasteiger charge is -2.25. The van der Waals surface area contributed by atoms with Crippen LogP contribution in [-0.2, 0) is 5.60 Å². The molecule has 0 atom stereocenters. The Labute approximate surface area is 88.5 Å². The van der Waals surface area contributed by atoms with Gasteiger partial charge in [-0.15, -0.1) is 0 Å². The highest BCUT2D eigenvalue weighted by atomic mass is 35.5. The zero-order chi connectivity index (χ0) is 10.8. The fourth-order valence-corrected chi connectivity index (χ4v) is 1.62. The molecule has 1 N–H and O–H groups in total. The first-order valence-electron chi connectivity index (χ1n) is 4.71. The first-order valence-corrected chi connectivity index (χ1v) is 5.09. The Hall–Kier alpha value is -0.600. The largest absolute Gasteiger partial charge is 0.385 e. The van der Waals surface area contributed by atoms with Crippen molar-refractivity contribution in [3.8, 4) is 0 Å². The predicted octanol–water partition coefficient (Wildman–Crippen LogP) is 3.49. The molecule has 0 aliphatic rings. The number of aliphatic hydroxyl groups is 1. The van der Waals surface area contributed by atoms with E-state index in [0.29, 0.717) is 18.4 Å². The molecule has 0 amide bonds. The Morgan fingerprint density at radius 1 is 1.36 bits per heavy atom. The molecule has 78 valence electrons. The van der Waals surface area contributed by atoms with E-state index >= 15 is 0 Å². The van der Waals surface area contributed by atoms with Gasteiger partial charge in [-0.05, 0) is 30.5 Å². The maximum Gasteiger partial charge on any atom is 0.141 e. The van der Waals surface area contributed by atoms with Gasteiger partial charge in [0.25, 0.3) is 0 Å². The Balaban J connectivity index is 3.12.